The number of benzene rings is 8. The van der Waals surface area contributed by atoms with E-state index in [1.54, 1.807) is 0 Å². The maximum absolute atomic E-state index is 2.87. The summed E-state index contributed by atoms with van der Waals surface area (Å²) >= 11 is 0. The van der Waals surface area contributed by atoms with Crippen LogP contribution in [0.4, 0.5) is 39.8 Å². The van der Waals surface area contributed by atoms with Crippen molar-refractivity contribution in [1.29, 1.82) is 0 Å². The second kappa shape index (κ2) is 14.9. The van der Waals surface area contributed by atoms with Crippen LogP contribution < -0.4 is 31.1 Å². The van der Waals surface area contributed by atoms with E-state index in [2.05, 4.69) is 224 Å². The monoisotopic (exact) mass is 839 g/mol. The van der Waals surface area contributed by atoms with Gasteiger partial charge in [-0.1, -0.05) is 154 Å². The molecule has 316 valence electrons. The van der Waals surface area contributed by atoms with Crippen molar-refractivity contribution in [3.8, 4) is 33.4 Å². The Labute approximate surface area is 385 Å². The number of anilines is 7. The molecule has 0 atom stereocenters. The molecule has 6 aliphatic rings. The Kier molecular flexibility index (Phi) is 8.86. The van der Waals surface area contributed by atoms with Gasteiger partial charge in [0.15, 0.2) is 0 Å². The number of fused-ring (bicyclic) bond motifs is 4. The van der Waals surface area contributed by atoms with E-state index in [-0.39, 0.29) is 12.1 Å². The normalized spacial score (nSPS) is 20.1. The fraction of sp³-hybridized carbons (Fsp3) is 0.213. The van der Waals surface area contributed by atoms with Crippen LogP contribution in [0.2, 0.25) is 0 Å². The van der Waals surface area contributed by atoms with Gasteiger partial charge in [-0.2, -0.15) is 0 Å². The zero-order valence-electron chi connectivity index (χ0n) is 37.7. The zero-order chi connectivity index (χ0) is 43.4. The van der Waals surface area contributed by atoms with E-state index in [4.69, 9.17) is 0 Å². The molecule has 8 aromatic carbocycles. The molecule has 2 saturated heterocycles. The number of hydrogen-bond donors (Lipinski definition) is 0. The largest absolute Gasteiger partial charge is 0.365 e. The molecule has 4 bridgehead atoms. The topological polar surface area (TPSA) is 9.72 Å². The van der Waals surface area contributed by atoms with Crippen LogP contribution in [0.1, 0.15) is 58.4 Å². The number of rotatable bonds is 6. The van der Waals surface area contributed by atoms with Gasteiger partial charge in [-0.25, -0.2) is 0 Å². The maximum atomic E-state index is 2.87. The Morgan fingerprint density at radius 3 is 1.34 bits per heavy atom. The van der Waals surface area contributed by atoms with E-state index in [0.29, 0.717) is 12.1 Å². The molecule has 3 nitrogen and oxygen atoms in total. The van der Waals surface area contributed by atoms with Crippen molar-refractivity contribution < 1.29 is 0 Å². The van der Waals surface area contributed by atoms with Gasteiger partial charge in [-0.3, -0.25) is 0 Å². The van der Waals surface area contributed by atoms with E-state index >= 15 is 0 Å². The summed E-state index contributed by atoms with van der Waals surface area (Å²) in [4.78, 5) is 8.08. The lowest BCUT2D eigenvalue weighted by Gasteiger charge is -2.57. The molecule has 14 rings (SSSR count). The highest BCUT2D eigenvalue weighted by atomic mass is 15.2. The molecule has 0 aromatic heterocycles. The van der Waals surface area contributed by atoms with Gasteiger partial charge in [0, 0.05) is 51.9 Å². The molecule has 8 aromatic rings. The first-order chi connectivity index (χ1) is 31.8. The first kappa shape index (κ1) is 38.7. The van der Waals surface area contributed by atoms with Crippen LogP contribution in [0, 0.1) is 11.8 Å². The SMILES string of the molecule is CC(C)(C)c1cc2c3c(c1)N(c1ccc(-c4ccccc4)cc1)c1cc(N4C5CC6CC(C5)CC4C6)ccc1B3c1cc(-c3ccccc3)ccc1N2c1ccc(-c2ccccc2)cc1. The molecular formula is C61H54BN3. The first-order valence-electron chi connectivity index (χ1n) is 24.0. The Morgan fingerprint density at radius 1 is 0.385 bits per heavy atom. The highest BCUT2D eigenvalue weighted by molar-refractivity contribution is 7.00. The lowest BCUT2D eigenvalue weighted by molar-refractivity contribution is 0.0900. The summed E-state index contributed by atoms with van der Waals surface area (Å²) in [6.07, 6.45) is 6.83. The molecule has 0 amide bonds. The molecule has 4 heterocycles. The predicted molar refractivity (Wildman–Crippen MR) is 276 cm³/mol. The summed E-state index contributed by atoms with van der Waals surface area (Å²) in [5, 5.41) is 0. The van der Waals surface area contributed by atoms with E-state index in [0.717, 1.165) is 11.8 Å². The minimum absolute atomic E-state index is 0.0323. The van der Waals surface area contributed by atoms with Gasteiger partial charge in [0.05, 0.1) is 0 Å². The first-order valence-corrected chi connectivity index (χ1v) is 24.0. The van der Waals surface area contributed by atoms with Gasteiger partial charge in [0.25, 0.3) is 6.71 Å². The standard InChI is InChI=1S/C61H54BN3/c1-61(2,3)48-37-58-60-59(38-48)65(50-26-21-46(22-27-50)43-15-9-5-10-16-43)57-39-51(63-52-32-40-31-41(34-52)35-53(63)33-40)28-29-54(57)62(60)55-36-47(44-17-11-6-12-18-44)23-30-56(55)64(58)49-24-19-45(20-25-49)42-13-7-4-8-14-42/h4-30,36-41,52-53H,31-35H2,1-3H3. The highest BCUT2D eigenvalue weighted by Gasteiger charge is 2.48. The van der Waals surface area contributed by atoms with Crippen molar-refractivity contribution in [3.05, 3.63) is 194 Å². The predicted octanol–water partition coefficient (Wildman–Crippen LogP) is 13.8. The molecule has 4 aliphatic heterocycles. The fourth-order valence-corrected chi connectivity index (χ4v) is 12.8. The van der Waals surface area contributed by atoms with Crippen LogP contribution in [-0.2, 0) is 5.41 Å². The summed E-state index contributed by atoms with van der Waals surface area (Å²) < 4.78 is 0. The van der Waals surface area contributed by atoms with Crippen LogP contribution in [0.25, 0.3) is 33.4 Å². The lowest BCUT2D eigenvalue weighted by Crippen LogP contribution is -2.62. The summed E-state index contributed by atoms with van der Waals surface area (Å²) in [5.74, 6) is 1.81. The van der Waals surface area contributed by atoms with Crippen molar-refractivity contribution in [2.45, 2.75) is 70.4 Å². The molecule has 4 heteroatoms. The van der Waals surface area contributed by atoms with Crippen LogP contribution in [0.5, 0.6) is 0 Å². The third kappa shape index (κ3) is 6.39. The minimum Gasteiger partial charge on any atom is -0.365 e. The highest BCUT2D eigenvalue weighted by Crippen LogP contribution is 2.52. The Hall–Kier alpha value is -6.78. The van der Waals surface area contributed by atoms with Crippen molar-refractivity contribution in [2.24, 2.45) is 11.8 Å². The third-order valence-corrected chi connectivity index (χ3v) is 15.7. The van der Waals surface area contributed by atoms with Gasteiger partial charge in [0.2, 0.25) is 0 Å². The van der Waals surface area contributed by atoms with Gasteiger partial charge in [-0.05, 0) is 159 Å². The van der Waals surface area contributed by atoms with Crippen LogP contribution in [-0.4, -0.2) is 18.8 Å². The van der Waals surface area contributed by atoms with Gasteiger partial charge in [0.1, 0.15) is 0 Å². The lowest BCUT2D eigenvalue weighted by atomic mass is 9.33. The van der Waals surface area contributed by atoms with E-state index < -0.39 is 0 Å². The quantitative estimate of drug-likeness (QED) is 0.154. The molecule has 0 N–H and O–H groups in total. The van der Waals surface area contributed by atoms with Crippen LogP contribution in [0.15, 0.2) is 188 Å². The molecule has 0 spiro atoms. The molecule has 0 unspecified atom stereocenters. The molecule has 2 saturated carbocycles. The summed E-state index contributed by atoms with van der Waals surface area (Å²) in [6.45, 7) is 7.14. The number of hydrogen-bond acceptors (Lipinski definition) is 3. The second-order valence-electron chi connectivity index (χ2n) is 20.6. The van der Waals surface area contributed by atoms with Gasteiger partial charge in [-0.15, -0.1) is 0 Å². The Bertz CT molecular complexity index is 3050. The Balaban J connectivity index is 1.06. The number of nitrogens with zero attached hydrogens (tertiary/aromatic N) is 3. The third-order valence-electron chi connectivity index (χ3n) is 15.7. The van der Waals surface area contributed by atoms with Crippen LogP contribution in [0.3, 0.4) is 0 Å². The smallest absolute Gasteiger partial charge is 0.252 e. The Morgan fingerprint density at radius 2 is 0.831 bits per heavy atom. The summed E-state index contributed by atoms with van der Waals surface area (Å²) in [5.41, 5.74) is 21.6. The second-order valence-corrected chi connectivity index (χ2v) is 20.6. The van der Waals surface area contributed by atoms with Crippen LogP contribution >= 0.6 is 0 Å². The van der Waals surface area contributed by atoms with Crippen molar-refractivity contribution in [1.82, 2.24) is 0 Å². The average Bonchev–Trinajstić information content (AvgIpc) is 3.34. The van der Waals surface area contributed by atoms with E-state index in [1.165, 1.54) is 127 Å². The van der Waals surface area contributed by atoms with Crippen molar-refractivity contribution in [2.75, 3.05) is 14.7 Å². The fourth-order valence-electron chi connectivity index (χ4n) is 12.8. The average molecular weight is 840 g/mol. The molecule has 65 heavy (non-hydrogen) atoms. The molecule has 4 fully saturated rings. The summed E-state index contributed by atoms with van der Waals surface area (Å²) in [7, 11) is 0. The zero-order valence-corrected chi connectivity index (χ0v) is 37.7. The molecule has 0 radical (unpaired) electrons. The van der Waals surface area contributed by atoms with E-state index in [9.17, 15) is 0 Å². The van der Waals surface area contributed by atoms with Crippen molar-refractivity contribution in [3.63, 3.8) is 0 Å². The summed E-state index contributed by atoms with van der Waals surface area (Å²) in [6, 6.07) is 72.3. The molecule has 2 aliphatic carbocycles. The van der Waals surface area contributed by atoms with Crippen molar-refractivity contribution >= 4 is 62.9 Å². The van der Waals surface area contributed by atoms with Gasteiger partial charge >= 0.3 is 0 Å². The van der Waals surface area contributed by atoms with E-state index in [1.807, 2.05) is 0 Å². The van der Waals surface area contributed by atoms with Gasteiger partial charge < -0.3 is 14.7 Å². The maximum Gasteiger partial charge on any atom is 0.252 e. The number of piperidine rings is 2. The molecular weight excluding hydrogens is 786 g/mol. The minimum atomic E-state index is -0.0989.